The van der Waals surface area contributed by atoms with E-state index in [1.54, 1.807) is 4.68 Å². The summed E-state index contributed by atoms with van der Waals surface area (Å²) in [6.07, 6.45) is 2.26. The van der Waals surface area contributed by atoms with Crippen molar-refractivity contribution >= 4 is 27.6 Å². The number of nitrogens with zero attached hydrogens (tertiary/aromatic N) is 5. The second-order valence-corrected chi connectivity index (χ2v) is 8.00. The molecule has 0 aliphatic rings. The number of aryl methyl sites for hydroxylation is 3. The number of nitrogens with two attached hydrogens (primary N) is 1. The molecular formula is C27H30N6O. The first-order chi connectivity index (χ1) is 16.5. The van der Waals surface area contributed by atoms with Crippen LogP contribution in [0.5, 0.6) is 0 Å². The molecule has 34 heavy (non-hydrogen) atoms. The Morgan fingerprint density at radius 3 is 2.50 bits per heavy atom. The highest BCUT2D eigenvalue weighted by atomic mass is 16.1. The molecule has 174 valence electrons. The smallest absolute Gasteiger partial charge is 0.263 e. The molecular weight excluding hydrogens is 424 g/mol. The fourth-order valence-corrected chi connectivity index (χ4v) is 4.47. The molecule has 0 saturated carbocycles. The molecule has 3 aromatic heterocycles. The highest BCUT2D eigenvalue weighted by Gasteiger charge is 2.18. The van der Waals surface area contributed by atoms with Crippen molar-refractivity contribution in [3.8, 4) is 5.69 Å². The average Bonchev–Trinajstić information content (AvgIpc) is 3.16. The van der Waals surface area contributed by atoms with Crippen molar-refractivity contribution in [3.05, 3.63) is 87.7 Å². The first kappa shape index (κ1) is 23.2. The van der Waals surface area contributed by atoms with Crippen molar-refractivity contribution in [2.45, 2.75) is 47.6 Å². The van der Waals surface area contributed by atoms with E-state index in [9.17, 15) is 4.79 Å². The minimum absolute atomic E-state index is 0.0289. The van der Waals surface area contributed by atoms with Crippen LogP contribution in [0.3, 0.4) is 0 Å². The minimum atomic E-state index is -0.0289. The van der Waals surface area contributed by atoms with Gasteiger partial charge in [0.2, 0.25) is 0 Å². The third-order valence-electron chi connectivity index (χ3n) is 5.99. The normalized spacial score (nSPS) is 11.0. The molecule has 0 aliphatic carbocycles. The zero-order chi connectivity index (χ0) is 24.4. The van der Waals surface area contributed by atoms with Crippen molar-refractivity contribution in [1.29, 1.82) is 0 Å². The summed E-state index contributed by atoms with van der Waals surface area (Å²) in [7, 11) is 0. The highest BCUT2D eigenvalue weighted by molar-refractivity contribution is 5.88. The summed E-state index contributed by atoms with van der Waals surface area (Å²) in [6.45, 7) is 10.3. The van der Waals surface area contributed by atoms with Crippen molar-refractivity contribution in [3.63, 3.8) is 0 Å². The number of hydrogen-bond donors (Lipinski definition) is 1. The van der Waals surface area contributed by atoms with Crippen LogP contribution < -0.4 is 11.3 Å². The van der Waals surface area contributed by atoms with Crippen LogP contribution in [0.1, 0.15) is 43.3 Å². The lowest BCUT2D eigenvalue weighted by Crippen LogP contribution is -2.25. The lowest BCUT2D eigenvalue weighted by atomic mass is 10.0. The molecule has 5 aromatic rings. The van der Waals surface area contributed by atoms with Crippen molar-refractivity contribution in [1.82, 2.24) is 24.3 Å². The number of pyridine rings is 1. The summed E-state index contributed by atoms with van der Waals surface area (Å²) in [4.78, 5) is 22.4. The first-order valence-corrected chi connectivity index (χ1v) is 11.7. The molecule has 0 spiro atoms. The Labute approximate surface area is 198 Å². The van der Waals surface area contributed by atoms with Crippen molar-refractivity contribution in [2.75, 3.05) is 5.73 Å². The predicted octanol–water partition coefficient (Wildman–Crippen LogP) is 4.97. The quantitative estimate of drug-likeness (QED) is 0.414. The molecule has 0 saturated heterocycles. The van der Waals surface area contributed by atoms with E-state index in [0.717, 1.165) is 50.8 Å². The second-order valence-electron chi connectivity index (χ2n) is 8.00. The van der Waals surface area contributed by atoms with Crippen LogP contribution in [-0.4, -0.2) is 24.3 Å². The number of fused-ring (bicyclic) bond motifs is 2. The van der Waals surface area contributed by atoms with Gasteiger partial charge in [-0.3, -0.25) is 9.36 Å². The number of aromatic nitrogens is 5. The van der Waals surface area contributed by atoms with Crippen LogP contribution in [0.4, 0.5) is 5.82 Å². The van der Waals surface area contributed by atoms with Gasteiger partial charge in [0.1, 0.15) is 12.1 Å². The van der Waals surface area contributed by atoms with E-state index in [4.69, 9.17) is 5.73 Å². The molecule has 2 N–H and O–H groups in total. The summed E-state index contributed by atoms with van der Waals surface area (Å²) in [5, 5.41) is 7.06. The molecule has 5 rings (SSSR count). The van der Waals surface area contributed by atoms with Gasteiger partial charge >= 0.3 is 0 Å². The van der Waals surface area contributed by atoms with E-state index in [2.05, 4.69) is 34.1 Å². The summed E-state index contributed by atoms with van der Waals surface area (Å²) in [5.41, 5.74) is 11.3. The zero-order valence-corrected chi connectivity index (χ0v) is 20.3. The Balaban J connectivity index is 0.00000133. The number of hydrogen-bond acceptors (Lipinski definition) is 5. The third kappa shape index (κ3) is 3.83. The van der Waals surface area contributed by atoms with Gasteiger partial charge in [0.25, 0.3) is 5.56 Å². The van der Waals surface area contributed by atoms with Gasteiger partial charge in [-0.1, -0.05) is 57.2 Å². The summed E-state index contributed by atoms with van der Waals surface area (Å²) >= 11 is 0. The first-order valence-electron chi connectivity index (χ1n) is 11.7. The van der Waals surface area contributed by atoms with Gasteiger partial charge in [0, 0.05) is 5.69 Å². The molecule has 0 radical (unpaired) electrons. The Bertz CT molecular complexity index is 1550. The molecule has 0 bridgehead atoms. The van der Waals surface area contributed by atoms with Gasteiger partial charge < -0.3 is 5.73 Å². The van der Waals surface area contributed by atoms with E-state index in [1.165, 1.54) is 6.33 Å². The molecule has 0 amide bonds. The van der Waals surface area contributed by atoms with Gasteiger partial charge in [-0.2, -0.15) is 5.10 Å². The average molecular weight is 455 g/mol. The highest BCUT2D eigenvalue weighted by Crippen LogP contribution is 2.25. The maximum Gasteiger partial charge on any atom is 0.263 e. The summed E-state index contributed by atoms with van der Waals surface area (Å²) in [5.74, 6) is 0.404. The number of rotatable bonds is 4. The Morgan fingerprint density at radius 2 is 1.74 bits per heavy atom. The SMILES string of the molecule is CC.CCc1ccccc1-n1c(Cn2nc(C)c3c(N)ncnc32)cc2cccc(C)c2c1=O. The monoisotopic (exact) mass is 454 g/mol. The van der Waals surface area contributed by atoms with Crippen LogP contribution >= 0.6 is 0 Å². The van der Waals surface area contributed by atoms with Gasteiger partial charge in [-0.15, -0.1) is 0 Å². The van der Waals surface area contributed by atoms with Crippen LogP contribution in [0.2, 0.25) is 0 Å². The number of anilines is 1. The lowest BCUT2D eigenvalue weighted by molar-refractivity contribution is 0.663. The molecule has 2 aromatic carbocycles. The van der Waals surface area contributed by atoms with Crippen LogP contribution in [-0.2, 0) is 13.0 Å². The molecule has 0 fully saturated rings. The van der Waals surface area contributed by atoms with E-state index in [-0.39, 0.29) is 5.56 Å². The standard InChI is InChI=1S/C25H24N6O.C2H6/c1-4-17-9-5-6-11-20(17)31-19(12-18-10-7-8-15(2)21(18)25(31)32)13-30-24-22(16(3)29-30)23(26)27-14-28-24;1-2/h5-12,14H,4,13H2,1-3H3,(H2,26,27,28);1-2H3. The molecule has 7 heteroatoms. The van der Waals surface area contributed by atoms with E-state index in [0.29, 0.717) is 18.0 Å². The topological polar surface area (TPSA) is 91.6 Å². The van der Waals surface area contributed by atoms with Gasteiger partial charge in [-0.25, -0.2) is 14.6 Å². The van der Waals surface area contributed by atoms with E-state index >= 15 is 0 Å². The zero-order valence-electron chi connectivity index (χ0n) is 20.3. The summed E-state index contributed by atoms with van der Waals surface area (Å²) < 4.78 is 3.62. The van der Waals surface area contributed by atoms with E-state index in [1.807, 2.05) is 68.7 Å². The van der Waals surface area contributed by atoms with E-state index < -0.39 is 0 Å². The van der Waals surface area contributed by atoms with Crippen molar-refractivity contribution < 1.29 is 0 Å². The Morgan fingerprint density at radius 1 is 0.971 bits per heavy atom. The summed E-state index contributed by atoms with van der Waals surface area (Å²) in [6, 6.07) is 16.0. The van der Waals surface area contributed by atoms with Gasteiger partial charge in [0.15, 0.2) is 5.65 Å². The lowest BCUT2D eigenvalue weighted by Gasteiger charge is -2.18. The minimum Gasteiger partial charge on any atom is -0.383 e. The Hall–Kier alpha value is -4.00. The van der Waals surface area contributed by atoms with Crippen LogP contribution in [0.15, 0.2) is 59.7 Å². The number of nitrogen functional groups attached to an aromatic ring is 1. The molecule has 0 unspecified atom stereocenters. The van der Waals surface area contributed by atoms with Gasteiger partial charge in [0.05, 0.1) is 28.7 Å². The molecule has 0 aliphatic heterocycles. The predicted molar refractivity (Wildman–Crippen MR) is 139 cm³/mol. The van der Waals surface area contributed by atoms with Crippen molar-refractivity contribution in [2.24, 2.45) is 0 Å². The van der Waals surface area contributed by atoms with Crippen LogP contribution in [0.25, 0.3) is 27.5 Å². The largest absolute Gasteiger partial charge is 0.383 e. The molecule has 0 atom stereocenters. The molecule has 3 heterocycles. The maximum absolute atomic E-state index is 13.8. The number of para-hydroxylation sites is 1. The molecule has 7 nitrogen and oxygen atoms in total. The third-order valence-corrected chi connectivity index (χ3v) is 5.99. The second kappa shape index (κ2) is 9.47. The Kier molecular flexibility index (Phi) is 6.45. The fraction of sp³-hybridized carbons (Fsp3) is 0.259. The van der Waals surface area contributed by atoms with Crippen LogP contribution in [0, 0.1) is 13.8 Å². The number of benzene rings is 2. The van der Waals surface area contributed by atoms with Gasteiger partial charge in [-0.05, 0) is 48.9 Å². The maximum atomic E-state index is 13.8. The fourth-order valence-electron chi connectivity index (χ4n) is 4.47.